The zero-order chi connectivity index (χ0) is 13.9. The molecule has 3 nitrogen and oxygen atoms in total. The first kappa shape index (κ1) is 14.9. The van der Waals surface area contributed by atoms with Crippen LogP contribution in [-0.4, -0.2) is 25.4 Å². The Bertz CT molecular complexity index is 440. The molecule has 5 heteroatoms. The molecule has 1 fully saturated rings. The van der Waals surface area contributed by atoms with Crippen molar-refractivity contribution in [1.29, 1.82) is 0 Å². The van der Waals surface area contributed by atoms with Crippen LogP contribution in [0.25, 0.3) is 0 Å². The first-order valence-corrected chi connectivity index (χ1v) is 8.45. The summed E-state index contributed by atoms with van der Waals surface area (Å²) in [5.41, 5.74) is 7.41. The molecule has 0 saturated heterocycles. The molecule has 19 heavy (non-hydrogen) atoms. The Morgan fingerprint density at radius 2 is 2.37 bits per heavy atom. The average molecular weight is 299 g/mol. The van der Waals surface area contributed by atoms with E-state index in [0.717, 1.165) is 18.6 Å². The summed E-state index contributed by atoms with van der Waals surface area (Å²) in [4.78, 5) is 12.8. The van der Waals surface area contributed by atoms with Crippen LogP contribution in [0.2, 0.25) is 0 Å². The monoisotopic (exact) mass is 299 g/mol. The van der Waals surface area contributed by atoms with Gasteiger partial charge in [0.25, 0.3) is 0 Å². The lowest BCUT2D eigenvalue weighted by molar-refractivity contribution is -0.141. The van der Waals surface area contributed by atoms with Gasteiger partial charge in [-0.2, -0.15) is 11.8 Å². The normalized spacial score (nSPS) is 18.1. The van der Waals surface area contributed by atoms with Crippen LogP contribution in [0.4, 0.5) is 0 Å². The third kappa shape index (κ3) is 3.74. The maximum atomic E-state index is 11.4. The molecule has 1 saturated carbocycles. The molecule has 106 valence electrons. The molecule has 1 unspecified atom stereocenters. The maximum Gasteiger partial charge on any atom is 0.306 e. The molecule has 0 amide bonds. The maximum absolute atomic E-state index is 11.4. The first-order chi connectivity index (χ1) is 9.10. The fourth-order valence-corrected chi connectivity index (χ4v) is 4.88. The lowest BCUT2D eigenvalue weighted by Gasteiger charge is -2.18. The van der Waals surface area contributed by atoms with E-state index < -0.39 is 0 Å². The second kappa shape index (κ2) is 6.29. The largest absolute Gasteiger partial charge is 0.469 e. The summed E-state index contributed by atoms with van der Waals surface area (Å²) in [5.74, 6) is 0.913. The second-order valence-corrected chi connectivity index (χ2v) is 7.39. The van der Waals surface area contributed by atoms with Crippen molar-refractivity contribution in [2.24, 2.45) is 11.1 Å². The molecule has 0 aliphatic heterocycles. The highest BCUT2D eigenvalue weighted by atomic mass is 32.2. The number of aryl methyl sites for hydroxylation is 1. The summed E-state index contributed by atoms with van der Waals surface area (Å²) < 4.78 is 4.78. The van der Waals surface area contributed by atoms with Gasteiger partial charge in [-0.3, -0.25) is 4.79 Å². The minimum Gasteiger partial charge on any atom is -0.469 e. The second-order valence-electron chi connectivity index (χ2n) is 5.26. The van der Waals surface area contributed by atoms with Gasteiger partial charge in [-0.25, -0.2) is 0 Å². The molecular weight excluding hydrogens is 278 g/mol. The van der Waals surface area contributed by atoms with Gasteiger partial charge in [-0.15, -0.1) is 11.3 Å². The van der Waals surface area contributed by atoms with Crippen LogP contribution in [0, 0.1) is 12.3 Å². The van der Waals surface area contributed by atoms with Gasteiger partial charge in [0.15, 0.2) is 0 Å². The molecule has 0 radical (unpaired) electrons. The zero-order valence-corrected chi connectivity index (χ0v) is 13.1. The summed E-state index contributed by atoms with van der Waals surface area (Å²) in [6.07, 6.45) is 2.82. The van der Waals surface area contributed by atoms with Crippen molar-refractivity contribution in [3.8, 4) is 0 Å². The van der Waals surface area contributed by atoms with E-state index in [0.29, 0.717) is 18.2 Å². The van der Waals surface area contributed by atoms with Gasteiger partial charge < -0.3 is 10.5 Å². The quantitative estimate of drug-likeness (QED) is 0.786. The summed E-state index contributed by atoms with van der Waals surface area (Å²) in [5, 5.41) is 2.48. The molecule has 2 N–H and O–H groups in total. The predicted molar refractivity (Wildman–Crippen MR) is 81.6 cm³/mol. The van der Waals surface area contributed by atoms with Crippen LogP contribution in [0.15, 0.2) is 11.4 Å². The van der Waals surface area contributed by atoms with Crippen molar-refractivity contribution in [3.05, 3.63) is 21.9 Å². The lowest BCUT2D eigenvalue weighted by Crippen LogP contribution is -2.16. The van der Waals surface area contributed by atoms with E-state index in [-0.39, 0.29) is 11.4 Å². The standard InChI is InChI=1S/C14H21NO2S2/c1-10-3-6-18-13(10)11(8-15)19-9-14(4-5-14)7-12(16)17-2/h3,6,11H,4-5,7-9,15H2,1-2H3. The average Bonchev–Trinajstić information content (AvgIpc) is 3.04. The Balaban J connectivity index is 1.90. The van der Waals surface area contributed by atoms with Crippen LogP contribution in [-0.2, 0) is 9.53 Å². The van der Waals surface area contributed by atoms with Crippen molar-refractivity contribution < 1.29 is 9.53 Å². The molecular formula is C14H21NO2S2. The van der Waals surface area contributed by atoms with Gasteiger partial charge in [-0.1, -0.05) is 0 Å². The zero-order valence-electron chi connectivity index (χ0n) is 11.5. The summed E-state index contributed by atoms with van der Waals surface area (Å²) >= 11 is 3.67. The lowest BCUT2D eigenvalue weighted by atomic mass is 10.1. The first-order valence-electron chi connectivity index (χ1n) is 6.53. The van der Waals surface area contributed by atoms with Crippen molar-refractivity contribution in [2.45, 2.75) is 31.4 Å². The van der Waals surface area contributed by atoms with Crippen LogP contribution in [0.5, 0.6) is 0 Å². The van der Waals surface area contributed by atoms with E-state index in [4.69, 9.17) is 10.5 Å². The molecule has 0 aromatic carbocycles. The number of hydrogen-bond donors (Lipinski definition) is 1. The topological polar surface area (TPSA) is 52.3 Å². The van der Waals surface area contributed by atoms with Gasteiger partial charge in [0.1, 0.15) is 0 Å². The molecule has 1 aromatic rings. The fraction of sp³-hybridized carbons (Fsp3) is 0.643. The Hall–Kier alpha value is -0.520. The third-order valence-corrected chi connectivity index (χ3v) is 6.59. The highest BCUT2D eigenvalue weighted by Gasteiger charge is 2.45. The molecule has 0 spiro atoms. The molecule has 1 aliphatic carbocycles. The number of esters is 1. The van der Waals surface area contributed by atoms with E-state index in [1.165, 1.54) is 17.6 Å². The van der Waals surface area contributed by atoms with E-state index in [2.05, 4.69) is 18.4 Å². The molecule has 1 aliphatic rings. The Kier molecular flexibility index (Phi) is 4.92. The Labute approximate surface area is 122 Å². The molecule has 1 atom stereocenters. The number of methoxy groups -OCH3 is 1. The molecule has 2 rings (SSSR count). The van der Waals surface area contributed by atoms with Crippen LogP contribution >= 0.6 is 23.1 Å². The third-order valence-electron chi connectivity index (χ3n) is 3.70. The smallest absolute Gasteiger partial charge is 0.306 e. The number of hydrogen-bond acceptors (Lipinski definition) is 5. The van der Waals surface area contributed by atoms with Crippen LogP contribution in [0.1, 0.15) is 35.0 Å². The van der Waals surface area contributed by atoms with Gasteiger partial charge in [0.05, 0.1) is 18.8 Å². The number of carbonyl (C=O) groups is 1. The van der Waals surface area contributed by atoms with Gasteiger partial charge >= 0.3 is 5.97 Å². The fourth-order valence-electron chi connectivity index (χ4n) is 2.17. The number of rotatable bonds is 7. The molecule has 1 heterocycles. The van der Waals surface area contributed by atoms with Crippen LogP contribution < -0.4 is 5.73 Å². The highest BCUT2D eigenvalue weighted by molar-refractivity contribution is 7.99. The summed E-state index contributed by atoms with van der Waals surface area (Å²) in [6.45, 7) is 2.79. The Morgan fingerprint density at radius 1 is 1.63 bits per heavy atom. The van der Waals surface area contributed by atoms with Crippen molar-refractivity contribution in [3.63, 3.8) is 0 Å². The van der Waals surface area contributed by atoms with E-state index in [1.54, 1.807) is 11.3 Å². The number of carbonyl (C=O) groups excluding carboxylic acids is 1. The van der Waals surface area contributed by atoms with Crippen molar-refractivity contribution in [2.75, 3.05) is 19.4 Å². The summed E-state index contributed by atoms with van der Waals surface area (Å²) in [7, 11) is 1.46. The van der Waals surface area contributed by atoms with Gasteiger partial charge in [0.2, 0.25) is 0 Å². The number of nitrogens with two attached hydrogens (primary N) is 1. The van der Waals surface area contributed by atoms with E-state index >= 15 is 0 Å². The van der Waals surface area contributed by atoms with Gasteiger partial charge in [-0.05, 0) is 42.2 Å². The van der Waals surface area contributed by atoms with E-state index in [9.17, 15) is 4.79 Å². The SMILES string of the molecule is COC(=O)CC1(CSC(CN)c2sccc2C)CC1. The highest BCUT2D eigenvalue weighted by Crippen LogP contribution is 2.53. The number of thioether (sulfide) groups is 1. The number of thiophene rings is 1. The minimum atomic E-state index is -0.0882. The number of ether oxygens (including phenoxy) is 1. The van der Waals surface area contributed by atoms with Gasteiger partial charge in [0, 0.05) is 17.2 Å². The predicted octanol–water partition coefficient (Wildman–Crippen LogP) is 3.13. The van der Waals surface area contributed by atoms with E-state index in [1.807, 2.05) is 11.8 Å². The van der Waals surface area contributed by atoms with Crippen LogP contribution in [0.3, 0.4) is 0 Å². The molecule has 0 bridgehead atoms. The van der Waals surface area contributed by atoms with Crippen molar-refractivity contribution in [1.82, 2.24) is 0 Å². The Morgan fingerprint density at radius 3 is 2.84 bits per heavy atom. The van der Waals surface area contributed by atoms with Crippen molar-refractivity contribution >= 4 is 29.1 Å². The minimum absolute atomic E-state index is 0.0882. The summed E-state index contributed by atoms with van der Waals surface area (Å²) in [6, 6.07) is 2.14. The molecule has 1 aromatic heterocycles.